The lowest BCUT2D eigenvalue weighted by molar-refractivity contribution is 0.414. The molecule has 0 aliphatic carbocycles. The summed E-state index contributed by atoms with van der Waals surface area (Å²) in [6, 6.07) is 18.4. The molecule has 0 atom stereocenters. The molecule has 0 heterocycles. The van der Waals surface area contributed by atoms with Gasteiger partial charge in [0.1, 0.15) is 5.75 Å². The minimum absolute atomic E-state index is 0.900. The van der Waals surface area contributed by atoms with Gasteiger partial charge in [-0.05, 0) is 29.7 Å². The summed E-state index contributed by atoms with van der Waals surface area (Å²) in [5.74, 6) is 0.900. The van der Waals surface area contributed by atoms with Crippen LogP contribution in [0.2, 0.25) is 0 Å². The van der Waals surface area contributed by atoms with E-state index in [9.17, 15) is 0 Å². The molecule has 0 N–H and O–H groups in total. The van der Waals surface area contributed by atoms with E-state index in [0.717, 1.165) is 12.2 Å². The zero-order chi connectivity index (χ0) is 13.3. The van der Waals surface area contributed by atoms with Gasteiger partial charge in [0.15, 0.2) is 0 Å². The zero-order valence-corrected chi connectivity index (χ0v) is 11.1. The van der Waals surface area contributed by atoms with E-state index in [1.807, 2.05) is 30.3 Å². The van der Waals surface area contributed by atoms with Gasteiger partial charge in [0.2, 0.25) is 0 Å². The second-order valence-electron chi connectivity index (χ2n) is 4.25. The highest BCUT2D eigenvalue weighted by Gasteiger charge is 1.91. The molecule has 0 amide bonds. The highest BCUT2D eigenvalue weighted by atomic mass is 16.5. The van der Waals surface area contributed by atoms with Crippen molar-refractivity contribution in [3.05, 3.63) is 84.0 Å². The summed E-state index contributed by atoms with van der Waals surface area (Å²) in [7, 11) is 1.68. The molecule has 19 heavy (non-hydrogen) atoms. The molecule has 0 fully saturated rings. The van der Waals surface area contributed by atoms with E-state index in [0.29, 0.717) is 0 Å². The SMILES string of the molecule is COc1ccc(C/C=C/C=C/c2ccccc2)cc1. The summed E-state index contributed by atoms with van der Waals surface area (Å²) in [6.45, 7) is 0. The first-order valence-electron chi connectivity index (χ1n) is 6.39. The van der Waals surface area contributed by atoms with Crippen LogP contribution in [0.15, 0.2) is 72.8 Å². The summed E-state index contributed by atoms with van der Waals surface area (Å²) in [5.41, 5.74) is 2.50. The van der Waals surface area contributed by atoms with Crippen LogP contribution in [-0.4, -0.2) is 7.11 Å². The minimum atomic E-state index is 0.900. The Hall–Kier alpha value is -2.28. The molecular formula is C18H18O. The highest BCUT2D eigenvalue weighted by Crippen LogP contribution is 2.11. The molecule has 0 radical (unpaired) electrons. The topological polar surface area (TPSA) is 9.23 Å². The molecule has 1 nitrogen and oxygen atoms in total. The third kappa shape index (κ3) is 4.47. The van der Waals surface area contributed by atoms with Crippen LogP contribution in [0.1, 0.15) is 11.1 Å². The van der Waals surface area contributed by atoms with Crippen molar-refractivity contribution in [3.8, 4) is 5.75 Å². The Balaban J connectivity index is 1.84. The fourth-order valence-electron chi connectivity index (χ4n) is 1.78. The smallest absolute Gasteiger partial charge is 0.118 e. The van der Waals surface area contributed by atoms with Gasteiger partial charge in [0.25, 0.3) is 0 Å². The quantitative estimate of drug-likeness (QED) is 0.709. The molecule has 2 rings (SSSR count). The number of hydrogen-bond donors (Lipinski definition) is 0. The summed E-state index contributed by atoms with van der Waals surface area (Å²) >= 11 is 0. The monoisotopic (exact) mass is 250 g/mol. The first kappa shape index (κ1) is 13.2. The van der Waals surface area contributed by atoms with Crippen LogP contribution < -0.4 is 4.74 Å². The second-order valence-corrected chi connectivity index (χ2v) is 4.25. The molecule has 2 aromatic rings. The van der Waals surface area contributed by atoms with Gasteiger partial charge in [-0.15, -0.1) is 0 Å². The highest BCUT2D eigenvalue weighted by molar-refractivity contribution is 5.50. The lowest BCUT2D eigenvalue weighted by Gasteiger charge is -2.00. The van der Waals surface area contributed by atoms with Gasteiger partial charge in [0.05, 0.1) is 7.11 Å². The number of allylic oxidation sites excluding steroid dienone is 3. The minimum Gasteiger partial charge on any atom is -0.497 e. The van der Waals surface area contributed by atoms with E-state index in [-0.39, 0.29) is 0 Å². The van der Waals surface area contributed by atoms with E-state index in [4.69, 9.17) is 4.74 Å². The predicted octanol–water partition coefficient (Wildman–Crippen LogP) is 4.51. The third-order valence-corrected chi connectivity index (χ3v) is 2.85. The zero-order valence-electron chi connectivity index (χ0n) is 11.1. The summed E-state index contributed by atoms with van der Waals surface area (Å²) < 4.78 is 5.13. The lowest BCUT2D eigenvalue weighted by Crippen LogP contribution is -1.84. The van der Waals surface area contributed by atoms with Crippen LogP contribution in [0.5, 0.6) is 5.75 Å². The van der Waals surface area contributed by atoms with Crippen LogP contribution in [0.3, 0.4) is 0 Å². The molecule has 1 heteroatoms. The first-order valence-corrected chi connectivity index (χ1v) is 6.39. The van der Waals surface area contributed by atoms with Gasteiger partial charge in [-0.3, -0.25) is 0 Å². The summed E-state index contributed by atoms with van der Waals surface area (Å²) in [6.07, 6.45) is 9.34. The Morgan fingerprint density at radius 1 is 0.895 bits per heavy atom. The van der Waals surface area contributed by atoms with Crippen molar-refractivity contribution in [2.75, 3.05) is 7.11 Å². The maximum absolute atomic E-state index is 5.13. The molecule has 0 aliphatic rings. The molecule has 0 saturated carbocycles. The van der Waals surface area contributed by atoms with Crippen LogP contribution in [0.4, 0.5) is 0 Å². The van der Waals surface area contributed by atoms with Gasteiger partial charge in [0, 0.05) is 0 Å². The Morgan fingerprint density at radius 3 is 2.32 bits per heavy atom. The van der Waals surface area contributed by atoms with Crippen molar-refractivity contribution in [1.82, 2.24) is 0 Å². The third-order valence-electron chi connectivity index (χ3n) is 2.85. The largest absolute Gasteiger partial charge is 0.497 e. The Kier molecular flexibility index (Phi) is 5.00. The molecule has 0 spiro atoms. The standard InChI is InChI=1S/C18H18O/c1-19-18-14-12-17(13-15-18)11-7-3-6-10-16-8-4-2-5-9-16/h2-10,12-15H,11H2,1H3/b7-3+,10-6+. The average Bonchev–Trinajstić information content (AvgIpc) is 2.49. The number of methoxy groups -OCH3 is 1. The van der Waals surface area contributed by atoms with Crippen molar-refractivity contribution < 1.29 is 4.74 Å². The maximum Gasteiger partial charge on any atom is 0.118 e. The van der Waals surface area contributed by atoms with Gasteiger partial charge in [-0.2, -0.15) is 0 Å². The molecular weight excluding hydrogens is 232 g/mol. The van der Waals surface area contributed by atoms with Crippen molar-refractivity contribution in [2.45, 2.75) is 6.42 Å². The number of hydrogen-bond acceptors (Lipinski definition) is 1. The predicted molar refractivity (Wildman–Crippen MR) is 81.3 cm³/mol. The van der Waals surface area contributed by atoms with E-state index < -0.39 is 0 Å². The Bertz CT molecular complexity index is 536. The second kappa shape index (κ2) is 7.22. The number of rotatable bonds is 5. The van der Waals surface area contributed by atoms with E-state index in [1.54, 1.807) is 7.11 Å². The van der Waals surface area contributed by atoms with Gasteiger partial charge >= 0.3 is 0 Å². The molecule has 0 saturated heterocycles. The molecule has 0 unspecified atom stereocenters. The first-order chi connectivity index (χ1) is 9.38. The van der Waals surface area contributed by atoms with Crippen LogP contribution in [0, 0.1) is 0 Å². The average molecular weight is 250 g/mol. The Labute approximate surface area is 114 Å². The summed E-state index contributed by atoms with van der Waals surface area (Å²) in [5, 5.41) is 0. The number of ether oxygens (including phenoxy) is 1. The van der Waals surface area contributed by atoms with Gasteiger partial charge in [-0.1, -0.05) is 66.8 Å². The Morgan fingerprint density at radius 2 is 1.63 bits per heavy atom. The van der Waals surface area contributed by atoms with Crippen LogP contribution in [0.25, 0.3) is 6.08 Å². The molecule has 2 aromatic carbocycles. The fourth-order valence-corrected chi connectivity index (χ4v) is 1.78. The van der Waals surface area contributed by atoms with Crippen LogP contribution >= 0.6 is 0 Å². The van der Waals surface area contributed by atoms with Crippen molar-refractivity contribution in [2.24, 2.45) is 0 Å². The molecule has 96 valence electrons. The van der Waals surface area contributed by atoms with Crippen molar-refractivity contribution in [1.29, 1.82) is 0 Å². The summed E-state index contributed by atoms with van der Waals surface area (Å²) in [4.78, 5) is 0. The van der Waals surface area contributed by atoms with E-state index in [1.165, 1.54) is 11.1 Å². The van der Waals surface area contributed by atoms with Crippen molar-refractivity contribution >= 4 is 6.08 Å². The fraction of sp³-hybridized carbons (Fsp3) is 0.111. The van der Waals surface area contributed by atoms with E-state index >= 15 is 0 Å². The van der Waals surface area contributed by atoms with E-state index in [2.05, 4.69) is 48.6 Å². The van der Waals surface area contributed by atoms with Gasteiger partial charge < -0.3 is 4.74 Å². The van der Waals surface area contributed by atoms with Gasteiger partial charge in [-0.25, -0.2) is 0 Å². The normalized spacial score (nSPS) is 11.2. The molecule has 0 bridgehead atoms. The molecule has 0 aliphatic heterocycles. The van der Waals surface area contributed by atoms with Crippen molar-refractivity contribution in [3.63, 3.8) is 0 Å². The maximum atomic E-state index is 5.13. The number of benzene rings is 2. The lowest BCUT2D eigenvalue weighted by atomic mass is 10.1. The molecule has 0 aromatic heterocycles. The van der Waals surface area contributed by atoms with Crippen LogP contribution in [-0.2, 0) is 6.42 Å².